The summed E-state index contributed by atoms with van der Waals surface area (Å²) in [5, 5.41) is 14.7. The molecule has 9 heteroatoms. The summed E-state index contributed by atoms with van der Waals surface area (Å²) in [6, 6.07) is 0. The number of rotatable bonds is 3. The minimum Gasteiger partial charge on any atom is -0.390 e. The van der Waals surface area contributed by atoms with Gasteiger partial charge in [-0.15, -0.1) is 0 Å². The Hall–Kier alpha value is -1.04. The van der Waals surface area contributed by atoms with E-state index in [1.54, 1.807) is 11.8 Å². The summed E-state index contributed by atoms with van der Waals surface area (Å²) < 4.78 is 12.8. The molecule has 0 aromatic carbocycles. The third kappa shape index (κ3) is 2.24. The van der Waals surface area contributed by atoms with Gasteiger partial charge in [-0.3, -0.25) is 4.79 Å². The van der Waals surface area contributed by atoms with Gasteiger partial charge < -0.3 is 19.6 Å². The number of nitrogens with one attached hydrogen (secondary N) is 1. The second-order valence-corrected chi connectivity index (χ2v) is 5.58. The number of halogens is 1. The van der Waals surface area contributed by atoms with E-state index in [9.17, 15) is 9.90 Å². The van der Waals surface area contributed by atoms with Crippen LogP contribution in [0.4, 0.5) is 0 Å². The quantitative estimate of drug-likeness (QED) is 0.715. The summed E-state index contributed by atoms with van der Waals surface area (Å²) in [6.07, 6.45) is 0.236. The summed E-state index contributed by atoms with van der Waals surface area (Å²) in [6.45, 7) is 0.308. The first kappa shape index (κ1) is 13.9. The fraction of sp³-hybridized carbons (Fsp3) is 0.545. The van der Waals surface area contributed by atoms with Crippen molar-refractivity contribution in [3.05, 3.63) is 20.4 Å². The molecule has 3 unspecified atom stereocenters. The lowest BCUT2D eigenvalue weighted by atomic mass is 10.2. The predicted molar refractivity (Wildman–Crippen MR) is 77.3 cm³/mol. The standard InChI is InChI=1S/C11H13IN4O4/c1-19-3-6-5(17)2-7(20-6)16-10-8(9(12)15-16)11(18)14-4-13-10/h4-7,17H,2-3H2,1H3,(H,13,14,18). The van der Waals surface area contributed by atoms with Crippen LogP contribution in [0.25, 0.3) is 11.0 Å². The highest BCUT2D eigenvalue weighted by Gasteiger charge is 2.36. The normalized spacial score (nSPS) is 26.4. The second kappa shape index (κ2) is 5.39. The molecule has 1 fully saturated rings. The van der Waals surface area contributed by atoms with Gasteiger partial charge in [-0.1, -0.05) is 0 Å². The number of fused-ring (bicyclic) bond motifs is 1. The van der Waals surface area contributed by atoms with Crippen molar-refractivity contribution >= 4 is 33.6 Å². The van der Waals surface area contributed by atoms with Crippen LogP contribution in [0, 0.1) is 3.70 Å². The highest BCUT2D eigenvalue weighted by atomic mass is 127. The molecule has 0 aliphatic carbocycles. The smallest absolute Gasteiger partial charge is 0.262 e. The van der Waals surface area contributed by atoms with Crippen LogP contribution in [0.15, 0.2) is 11.1 Å². The number of aromatic amines is 1. The Kier molecular flexibility index (Phi) is 3.75. The predicted octanol–water partition coefficient (Wildman–Crippen LogP) is 0.0190. The maximum Gasteiger partial charge on any atom is 0.262 e. The van der Waals surface area contributed by atoms with Crippen LogP contribution in [0.3, 0.4) is 0 Å². The molecule has 0 spiro atoms. The zero-order valence-electron chi connectivity index (χ0n) is 10.6. The fourth-order valence-electron chi connectivity index (χ4n) is 2.32. The third-order valence-corrected chi connectivity index (χ3v) is 4.01. The van der Waals surface area contributed by atoms with E-state index < -0.39 is 18.4 Å². The van der Waals surface area contributed by atoms with E-state index in [1.807, 2.05) is 22.6 Å². The first-order valence-electron chi connectivity index (χ1n) is 6.05. The van der Waals surface area contributed by atoms with Crippen LogP contribution in [0.1, 0.15) is 12.6 Å². The van der Waals surface area contributed by atoms with Crippen LogP contribution in [-0.4, -0.2) is 50.8 Å². The van der Waals surface area contributed by atoms with Gasteiger partial charge in [-0.25, -0.2) is 9.67 Å². The van der Waals surface area contributed by atoms with Gasteiger partial charge in [-0.2, -0.15) is 5.10 Å². The molecule has 108 valence electrons. The van der Waals surface area contributed by atoms with E-state index in [4.69, 9.17) is 9.47 Å². The molecular weight excluding hydrogens is 379 g/mol. The molecule has 2 N–H and O–H groups in total. The van der Waals surface area contributed by atoms with E-state index in [0.717, 1.165) is 0 Å². The van der Waals surface area contributed by atoms with Gasteiger partial charge in [0, 0.05) is 13.5 Å². The molecule has 1 aliphatic rings. The molecular formula is C11H13IN4O4. The zero-order valence-corrected chi connectivity index (χ0v) is 12.8. The molecule has 2 aromatic heterocycles. The number of hydrogen-bond acceptors (Lipinski definition) is 6. The van der Waals surface area contributed by atoms with E-state index in [1.165, 1.54) is 6.33 Å². The number of ether oxygens (including phenoxy) is 2. The number of H-pyrrole nitrogens is 1. The number of aliphatic hydroxyl groups excluding tert-OH is 1. The molecule has 2 aromatic rings. The van der Waals surface area contributed by atoms with Crippen LogP contribution < -0.4 is 5.56 Å². The topological polar surface area (TPSA) is 102 Å². The second-order valence-electron chi connectivity index (χ2n) is 4.55. The first-order valence-corrected chi connectivity index (χ1v) is 7.13. The Balaban J connectivity index is 2.00. The summed E-state index contributed by atoms with van der Waals surface area (Å²) in [5.41, 5.74) is 0.214. The van der Waals surface area contributed by atoms with Gasteiger partial charge in [0.2, 0.25) is 0 Å². The van der Waals surface area contributed by atoms with Crippen molar-refractivity contribution in [1.29, 1.82) is 0 Å². The van der Waals surface area contributed by atoms with Gasteiger partial charge in [0.05, 0.1) is 19.0 Å². The number of aliphatic hydroxyl groups is 1. The number of nitrogens with zero attached hydrogens (tertiary/aromatic N) is 3. The van der Waals surface area contributed by atoms with Crippen molar-refractivity contribution in [2.75, 3.05) is 13.7 Å². The first-order chi connectivity index (χ1) is 9.61. The Morgan fingerprint density at radius 3 is 3.25 bits per heavy atom. The highest BCUT2D eigenvalue weighted by molar-refractivity contribution is 14.1. The molecule has 3 atom stereocenters. The van der Waals surface area contributed by atoms with Crippen LogP contribution in [0.5, 0.6) is 0 Å². The van der Waals surface area contributed by atoms with E-state index >= 15 is 0 Å². The van der Waals surface area contributed by atoms with Crippen LogP contribution >= 0.6 is 22.6 Å². The Morgan fingerprint density at radius 1 is 1.70 bits per heavy atom. The van der Waals surface area contributed by atoms with E-state index in [2.05, 4.69) is 15.1 Å². The molecule has 1 saturated heterocycles. The van der Waals surface area contributed by atoms with Crippen molar-refractivity contribution < 1.29 is 14.6 Å². The van der Waals surface area contributed by atoms with Crippen molar-refractivity contribution in [2.45, 2.75) is 24.9 Å². The average molecular weight is 392 g/mol. The Labute approximate surface area is 127 Å². The van der Waals surface area contributed by atoms with Crippen molar-refractivity contribution in [1.82, 2.24) is 19.7 Å². The minimum atomic E-state index is -0.626. The molecule has 0 radical (unpaired) electrons. The molecule has 20 heavy (non-hydrogen) atoms. The van der Waals surface area contributed by atoms with E-state index in [0.29, 0.717) is 27.8 Å². The van der Waals surface area contributed by atoms with Crippen molar-refractivity contribution in [3.63, 3.8) is 0 Å². The maximum absolute atomic E-state index is 11.8. The highest BCUT2D eigenvalue weighted by Crippen LogP contribution is 2.31. The maximum atomic E-state index is 11.8. The summed E-state index contributed by atoms with van der Waals surface area (Å²) in [5.74, 6) is 0. The van der Waals surface area contributed by atoms with Gasteiger partial charge in [0.25, 0.3) is 5.56 Å². The molecule has 3 rings (SSSR count). The largest absolute Gasteiger partial charge is 0.390 e. The lowest BCUT2D eigenvalue weighted by Crippen LogP contribution is -2.25. The Morgan fingerprint density at radius 2 is 2.50 bits per heavy atom. The SMILES string of the molecule is COCC1OC(n2nc(I)c3c(=O)[nH]cnc32)CC1O. The van der Waals surface area contributed by atoms with Crippen LogP contribution in [-0.2, 0) is 9.47 Å². The van der Waals surface area contributed by atoms with Gasteiger partial charge >= 0.3 is 0 Å². The average Bonchev–Trinajstić information content (AvgIpc) is 2.93. The number of methoxy groups -OCH3 is 1. The number of hydrogen-bond donors (Lipinski definition) is 2. The Bertz CT molecular complexity index is 685. The van der Waals surface area contributed by atoms with E-state index in [-0.39, 0.29) is 5.56 Å². The summed E-state index contributed by atoms with van der Waals surface area (Å²) >= 11 is 1.98. The molecule has 3 heterocycles. The minimum absolute atomic E-state index is 0.238. The van der Waals surface area contributed by atoms with Gasteiger partial charge in [0.1, 0.15) is 15.2 Å². The molecule has 0 saturated carbocycles. The molecule has 8 nitrogen and oxygen atoms in total. The summed E-state index contributed by atoms with van der Waals surface area (Å²) in [4.78, 5) is 18.5. The molecule has 1 aliphatic heterocycles. The fourth-order valence-corrected chi connectivity index (χ4v) is 3.04. The lowest BCUT2D eigenvalue weighted by Gasteiger charge is -2.14. The van der Waals surface area contributed by atoms with Gasteiger partial charge in [0.15, 0.2) is 11.9 Å². The van der Waals surface area contributed by atoms with Crippen molar-refractivity contribution in [3.8, 4) is 0 Å². The van der Waals surface area contributed by atoms with Crippen molar-refractivity contribution in [2.24, 2.45) is 0 Å². The number of aromatic nitrogens is 4. The molecule has 0 bridgehead atoms. The molecule has 0 amide bonds. The monoisotopic (exact) mass is 392 g/mol. The zero-order chi connectivity index (χ0) is 14.3. The lowest BCUT2D eigenvalue weighted by molar-refractivity contribution is -0.0558. The third-order valence-electron chi connectivity index (χ3n) is 3.26. The van der Waals surface area contributed by atoms with Gasteiger partial charge in [-0.05, 0) is 22.6 Å². The van der Waals surface area contributed by atoms with Crippen LogP contribution in [0.2, 0.25) is 0 Å². The summed E-state index contributed by atoms with van der Waals surface area (Å²) in [7, 11) is 1.55.